The third-order valence-corrected chi connectivity index (χ3v) is 6.98. The summed E-state index contributed by atoms with van der Waals surface area (Å²) in [6.07, 6.45) is 0. The number of aliphatic imine (C=N–C) groups is 1. The van der Waals surface area contributed by atoms with E-state index in [9.17, 15) is 8.42 Å². The molecule has 0 bridgehead atoms. The van der Waals surface area contributed by atoms with Gasteiger partial charge in [0.25, 0.3) is 0 Å². The van der Waals surface area contributed by atoms with Gasteiger partial charge in [-0.2, -0.15) is 0 Å². The number of rotatable bonds is 6. The highest BCUT2D eigenvalue weighted by atomic mass is 32.2. The van der Waals surface area contributed by atoms with E-state index in [1.807, 2.05) is 0 Å². The second-order valence-electron chi connectivity index (χ2n) is 7.70. The molecule has 0 radical (unpaired) electrons. The second kappa shape index (κ2) is 8.49. The minimum Gasteiger partial charge on any atom is -0.379 e. The second-order valence-corrected chi connectivity index (χ2v) is 10.6. The van der Waals surface area contributed by atoms with Crippen molar-refractivity contribution in [3.05, 3.63) is 0 Å². The molecule has 0 aromatic heterocycles. The largest absolute Gasteiger partial charge is 0.379 e. The Labute approximate surface area is 147 Å². The van der Waals surface area contributed by atoms with Gasteiger partial charge in [0, 0.05) is 38.8 Å². The molecule has 0 atom stereocenters. The van der Waals surface area contributed by atoms with E-state index in [4.69, 9.17) is 4.74 Å². The summed E-state index contributed by atoms with van der Waals surface area (Å²) in [7, 11) is -1.44. The monoisotopic (exact) mass is 362 g/mol. The molecule has 24 heavy (non-hydrogen) atoms. The lowest BCUT2D eigenvalue weighted by Gasteiger charge is -2.41. The molecule has 0 saturated carbocycles. The molecule has 0 aromatic rings. The Hall–Kier alpha value is -0.860. The van der Waals surface area contributed by atoms with Crippen molar-refractivity contribution < 1.29 is 13.2 Å². The minimum absolute atomic E-state index is 0.0289. The maximum Gasteiger partial charge on any atom is 0.191 e. The van der Waals surface area contributed by atoms with Gasteiger partial charge in [0.15, 0.2) is 15.8 Å². The van der Waals surface area contributed by atoms with Crippen LogP contribution < -0.4 is 10.6 Å². The summed E-state index contributed by atoms with van der Waals surface area (Å²) in [5.41, 5.74) is -0.0289. The molecule has 7 nitrogen and oxygen atoms in total. The van der Waals surface area contributed by atoms with Crippen molar-refractivity contribution in [2.24, 2.45) is 4.99 Å². The molecular formula is C16H34N4O3S. The van der Waals surface area contributed by atoms with Crippen LogP contribution >= 0.6 is 0 Å². The summed E-state index contributed by atoms with van der Waals surface area (Å²) < 4.78 is 28.9. The van der Waals surface area contributed by atoms with Gasteiger partial charge in [-0.15, -0.1) is 0 Å². The maximum absolute atomic E-state index is 12.1. The highest BCUT2D eigenvalue weighted by molar-refractivity contribution is 7.92. The molecule has 2 N–H and O–H groups in total. The Kier molecular flexibility index (Phi) is 7.49. The fourth-order valence-corrected chi connectivity index (χ4v) is 3.39. The summed E-state index contributed by atoms with van der Waals surface area (Å²) >= 11 is 0. The number of sulfone groups is 1. The fraction of sp³-hybridized carbons (Fsp3) is 0.938. The summed E-state index contributed by atoms with van der Waals surface area (Å²) in [5.74, 6) is 0.713. The van der Waals surface area contributed by atoms with Gasteiger partial charge in [0.2, 0.25) is 0 Å². The highest BCUT2D eigenvalue weighted by Gasteiger charge is 2.29. The van der Waals surface area contributed by atoms with Crippen molar-refractivity contribution in [1.29, 1.82) is 0 Å². The summed E-state index contributed by atoms with van der Waals surface area (Å²) in [6, 6.07) is 0. The topological polar surface area (TPSA) is 83.0 Å². The van der Waals surface area contributed by atoms with Crippen LogP contribution in [0.15, 0.2) is 4.99 Å². The standard InChI is InChI=1S/C16H34N4O3S/c1-15(2,3)24(21,22)12-7-18-14(17-6)19-13-16(4,5)20-8-10-23-11-9-20/h7-13H2,1-6H3,(H2,17,18,19). The summed E-state index contributed by atoms with van der Waals surface area (Å²) in [6.45, 7) is 14.0. The van der Waals surface area contributed by atoms with Gasteiger partial charge in [-0.3, -0.25) is 9.89 Å². The molecule has 1 saturated heterocycles. The lowest BCUT2D eigenvalue weighted by atomic mass is 10.0. The van der Waals surface area contributed by atoms with Crippen LogP contribution in [-0.2, 0) is 14.6 Å². The first-order valence-electron chi connectivity index (χ1n) is 8.49. The Morgan fingerprint density at radius 1 is 1.12 bits per heavy atom. The van der Waals surface area contributed by atoms with E-state index in [2.05, 4.69) is 34.4 Å². The van der Waals surface area contributed by atoms with Gasteiger partial charge in [0.1, 0.15) is 0 Å². The first-order chi connectivity index (χ1) is 11.0. The first kappa shape index (κ1) is 21.2. The molecule has 0 amide bonds. The lowest BCUT2D eigenvalue weighted by molar-refractivity contribution is -0.00833. The van der Waals surface area contributed by atoms with E-state index in [-0.39, 0.29) is 11.3 Å². The maximum atomic E-state index is 12.1. The van der Waals surface area contributed by atoms with E-state index in [0.717, 1.165) is 32.8 Å². The lowest BCUT2D eigenvalue weighted by Crippen LogP contribution is -2.56. The van der Waals surface area contributed by atoms with Crippen LogP contribution in [0.2, 0.25) is 0 Å². The minimum atomic E-state index is -3.13. The third kappa shape index (κ3) is 6.22. The average molecular weight is 363 g/mol. The molecule has 1 aliphatic rings. The van der Waals surface area contributed by atoms with Crippen molar-refractivity contribution in [3.63, 3.8) is 0 Å². The zero-order chi connectivity index (χ0) is 18.4. The van der Waals surface area contributed by atoms with E-state index in [0.29, 0.717) is 12.5 Å². The van der Waals surface area contributed by atoms with Crippen molar-refractivity contribution in [2.45, 2.75) is 44.9 Å². The zero-order valence-electron chi connectivity index (χ0n) is 16.0. The average Bonchev–Trinajstić information content (AvgIpc) is 2.50. The number of guanidine groups is 1. The van der Waals surface area contributed by atoms with Gasteiger partial charge >= 0.3 is 0 Å². The van der Waals surface area contributed by atoms with Crippen LogP contribution in [0, 0.1) is 0 Å². The molecule has 0 aromatic carbocycles. The highest BCUT2D eigenvalue weighted by Crippen LogP contribution is 2.16. The molecule has 8 heteroatoms. The summed E-state index contributed by atoms with van der Waals surface area (Å²) in [4.78, 5) is 6.56. The molecular weight excluding hydrogens is 328 g/mol. The first-order valence-corrected chi connectivity index (χ1v) is 10.1. The van der Waals surface area contributed by atoms with Gasteiger partial charge < -0.3 is 15.4 Å². The number of morpholine rings is 1. The van der Waals surface area contributed by atoms with E-state index < -0.39 is 14.6 Å². The van der Waals surface area contributed by atoms with Crippen molar-refractivity contribution in [2.75, 3.05) is 52.2 Å². The number of hydrogen-bond acceptors (Lipinski definition) is 5. The molecule has 0 aliphatic carbocycles. The van der Waals surface area contributed by atoms with Crippen LogP contribution in [0.5, 0.6) is 0 Å². The van der Waals surface area contributed by atoms with Crippen LogP contribution in [-0.4, -0.2) is 81.8 Å². The van der Waals surface area contributed by atoms with Crippen molar-refractivity contribution >= 4 is 15.8 Å². The quantitative estimate of drug-likeness (QED) is 0.528. The predicted octanol–water partition coefficient (Wildman–Crippen LogP) is 0.476. The molecule has 1 fully saturated rings. The van der Waals surface area contributed by atoms with Crippen LogP contribution in [0.25, 0.3) is 0 Å². The van der Waals surface area contributed by atoms with Gasteiger partial charge in [-0.25, -0.2) is 8.42 Å². The summed E-state index contributed by atoms with van der Waals surface area (Å²) in [5, 5.41) is 6.38. The van der Waals surface area contributed by atoms with Gasteiger partial charge in [-0.1, -0.05) is 0 Å². The Bertz CT molecular complexity index is 518. The number of hydrogen-bond donors (Lipinski definition) is 2. The molecule has 1 rings (SSSR count). The molecule has 1 heterocycles. The van der Waals surface area contributed by atoms with E-state index >= 15 is 0 Å². The van der Waals surface area contributed by atoms with Crippen LogP contribution in [0.4, 0.5) is 0 Å². The molecule has 1 aliphatic heterocycles. The number of nitrogens with zero attached hydrogens (tertiary/aromatic N) is 2. The molecule has 0 unspecified atom stereocenters. The molecule has 142 valence electrons. The zero-order valence-corrected chi connectivity index (χ0v) is 16.8. The van der Waals surface area contributed by atoms with E-state index in [1.54, 1.807) is 27.8 Å². The smallest absolute Gasteiger partial charge is 0.191 e. The SMILES string of the molecule is CN=C(NCCS(=O)(=O)C(C)(C)C)NCC(C)(C)N1CCOCC1. The molecule has 0 spiro atoms. The van der Waals surface area contributed by atoms with Crippen molar-refractivity contribution in [1.82, 2.24) is 15.5 Å². The van der Waals surface area contributed by atoms with Gasteiger partial charge in [0.05, 0.1) is 23.7 Å². The van der Waals surface area contributed by atoms with Crippen molar-refractivity contribution in [3.8, 4) is 0 Å². The van der Waals surface area contributed by atoms with Crippen LogP contribution in [0.1, 0.15) is 34.6 Å². The predicted molar refractivity (Wildman–Crippen MR) is 99.4 cm³/mol. The number of ether oxygens (including phenoxy) is 1. The Balaban J connectivity index is 2.45. The normalized spacial score (nSPS) is 18.5. The third-order valence-electron chi connectivity index (χ3n) is 4.38. The Morgan fingerprint density at radius 2 is 1.71 bits per heavy atom. The van der Waals surface area contributed by atoms with Crippen LogP contribution in [0.3, 0.4) is 0 Å². The van der Waals surface area contributed by atoms with E-state index in [1.165, 1.54) is 0 Å². The number of nitrogens with one attached hydrogen (secondary N) is 2. The fourth-order valence-electron chi connectivity index (χ4n) is 2.41. The Morgan fingerprint density at radius 3 is 2.21 bits per heavy atom. The van der Waals surface area contributed by atoms with Gasteiger partial charge in [-0.05, 0) is 34.6 Å².